The lowest BCUT2D eigenvalue weighted by molar-refractivity contribution is -0.121. The van der Waals surface area contributed by atoms with Crippen LogP contribution >= 0.6 is 0 Å². The van der Waals surface area contributed by atoms with E-state index in [-0.39, 0.29) is 29.8 Å². The number of carbonyl (C=O) groups is 2. The minimum Gasteiger partial charge on any atom is -0.326 e. The number of hydrogen-bond acceptors (Lipinski definition) is 2. The average molecular weight is 330 g/mol. The summed E-state index contributed by atoms with van der Waals surface area (Å²) in [6.45, 7) is 0. The highest BCUT2D eigenvalue weighted by Crippen LogP contribution is 2.27. The molecule has 0 saturated carbocycles. The predicted molar refractivity (Wildman–Crippen MR) is 86.5 cm³/mol. The summed E-state index contributed by atoms with van der Waals surface area (Å²) in [5.41, 5.74) is 2.05. The molecule has 1 atom stereocenters. The number of rotatable bonds is 4. The number of fused-ring (bicyclic) bond motifs is 1. The highest BCUT2D eigenvalue weighted by molar-refractivity contribution is 5.96. The fourth-order valence-electron chi connectivity index (χ4n) is 2.75. The van der Waals surface area contributed by atoms with Crippen molar-refractivity contribution < 1.29 is 18.4 Å². The molecule has 0 aliphatic carbocycles. The van der Waals surface area contributed by atoms with Crippen LogP contribution in [0.2, 0.25) is 0 Å². The van der Waals surface area contributed by atoms with E-state index in [2.05, 4.69) is 10.6 Å². The zero-order valence-electron chi connectivity index (χ0n) is 12.8. The van der Waals surface area contributed by atoms with Crippen LogP contribution in [0, 0.1) is 17.6 Å². The van der Waals surface area contributed by atoms with Crippen molar-refractivity contribution >= 4 is 23.2 Å². The van der Waals surface area contributed by atoms with Crippen molar-refractivity contribution in [1.29, 1.82) is 0 Å². The Bertz CT molecular complexity index is 792. The van der Waals surface area contributed by atoms with E-state index >= 15 is 0 Å². The fourth-order valence-corrected chi connectivity index (χ4v) is 2.75. The van der Waals surface area contributed by atoms with Gasteiger partial charge in [-0.1, -0.05) is 18.2 Å². The smallest absolute Gasteiger partial charge is 0.227 e. The van der Waals surface area contributed by atoms with Gasteiger partial charge in [0.2, 0.25) is 11.8 Å². The number of benzene rings is 2. The molecule has 0 unspecified atom stereocenters. The molecule has 4 nitrogen and oxygen atoms in total. The number of carbonyl (C=O) groups excluding carboxylic acids is 2. The van der Waals surface area contributed by atoms with E-state index in [0.29, 0.717) is 12.8 Å². The second-order valence-electron chi connectivity index (χ2n) is 5.76. The Morgan fingerprint density at radius 3 is 2.75 bits per heavy atom. The van der Waals surface area contributed by atoms with Crippen LogP contribution in [0.1, 0.15) is 18.4 Å². The summed E-state index contributed by atoms with van der Waals surface area (Å²) in [6.07, 6.45) is 1.09. The van der Waals surface area contributed by atoms with Gasteiger partial charge in [0, 0.05) is 29.8 Å². The maximum absolute atomic E-state index is 13.1. The van der Waals surface area contributed by atoms with Crippen molar-refractivity contribution in [1.82, 2.24) is 0 Å². The zero-order valence-corrected chi connectivity index (χ0v) is 12.8. The third-order valence-corrected chi connectivity index (χ3v) is 4.04. The lowest BCUT2D eigenvalue weighted by Gasteiger charge is -2.24. The van der Waals surface area contributed by atoms with E-state index in [1.54, 1.807) is 0 Å². The Kier molecular flexibility index (Phi) is 4.55. The first-order valence-corrected chi connectivity index (χ1v) is 7.66. The number of nitrogens with one attached hydrogen (secondary N) is 2. The van der Waals surface area contributed by atoms with Crippen LogP contribution in [0.15, 0.2) is 42.5 Å². The molecular weight excluding hydrogens is 314 g/mol. The summed E-state index contributed by atoms with van der Waals surface area (Å²) < 4.78 is 26.0. The first-order chi connectivity index (χ1) is 11.5. The Hall–Kier alpha value is -2.76. The monoisotopic (exact) mass is 330 g/mol. The minimum absolute atomic E-state index is 0.102. The first kappa shape index (κ1) is 16.1. The quantitative estimate of drug-likeness (QED) is 0.901. The van der Waals surface area contributed by atoms with Crippen LogP contribution in [-0.4, -0.2) is 11.8 Å². The molecular formula is C18H16F2N2O2. The number of hydrogen-bond donors (Lipinski definition) is 2. The molecule has 0 fully saturated rings. The molecule has 2 amide bonds. The Labute approximate surface area is 137 Å². The Morgan fingerprint density at radius 2 is 1.96 bits per heavy atom. The second-order valence-corrected chi connectivity index (χ2v) is 5.76. The van der Waals surface area contributed by atoms with Gasteiger partial charge in [0.25, 0.3) is 0 Å². The number of para-hydroxylation sites is 1. The standard InChI is InChI=1S/C18H16F2N2O2/c19-14-7-6-13(10-15(14)20)21-17(23)8-5-12-9-11-3-1-2-4-16(11)22-18(12)24/h1-4,6-7,10,12H,5,8-9H2,(H,21,23)(H,22,24)/t12-/m1/s1. The normalized spacial score (nSPS) is 16.2. The maximum Gasteiger partial charge on any atom is 0.227 e. The molecule has 6 heteroatoms. The van der Waals surface area contributed by atoms with Crippen LogP contribution in [0.25, 0.3) is 0 Å². The molecule has 124 valence electrons. The summed E-state index contributed by atoms with van der Waals surface area (Å²) in [7, 11) is 0. The maximum atomic E-state index is 13.1. The topological polar surface area (TPSA) is 58.2 Å². The molecule has 2 N–H and O–H groups in total. The molecule has 24 heavy (non-hydrogen) atoms. The Balaban J connectivity index is 1.56. The molecule has 1 aliphatic heterocycles. The summed E-state index contributed by atoms with van der Waals surface area (Å²) in [5.74, 6) is -2.71. The Morgan fingerprint density at radius 1 is 1.17 bits per heavy atom. The van der Waals surface area contributed by atoms with E-state index in [9.17, 15) is 18.4 Å². The largest absolute Gasteiger partial charge is 0.326 e. The van der Waals surface area contributed by atoms with Gasteiger partial charge in [0.05, 0.1) is 0 Å². The minimum atomic E-state index is -1.02. The van der Waals surface area contributed by atoms with Crippen molar-refractivity contribution in [2.24, 2.45) is 5.92 Å². The van der Waals surface area contributed by atoms with Crippen LogP contribution in [-0.2, 0) is 16.0 Å². The van der Waals surface area contributed by atoms with Gasteiger partial charge in [-0.3, -0.25) is 9.59 Å². The highest BCUT2D eigenvalue weighted by atomic mass is 19.2. The van der Waals surface area contributed by atoms with Crippen molar-refractivity contribution in [3.05, 3.63) is 59.7 Å². The van der Waals surface area contributed by atoms with Crippen LogP contribution in [0.5, 0.6) is 0 Å². The molecule has 3 rings (SSSR count). The fraction of sp³-hybridized carbons (Fsp3) is 0.222. The lowest BCUT2D eigenvalue weighted by atomic mass is 9.89. The SMILES string of the molecule is O=C(CC[C@@H]1Cc2ccccc2NC1=O)Nc1ccc(F)c(F)c1. The highest BCUT2D eigenvalue weighted by Gasteiger charge is 2.26. The second kappa shape index (κ2) is 6.78. The molecule has 0 aromatic heterocycles. The van der Waals surface area contributed by atoms with Crippen LogP contribution in [0.4, 0.5) is 20.2 Å². The number of anilines is 2. The van der Waals surface area contributed by atoms with Crippen LogP contribution in [0.3, 0.4) is 0 Å². The molecule has 0 saturated heterocycles. The van der Waals surface area contributed by atoms with E-state index < -0.39 is 11.6 Å². The van der Waals surface area contributed by atoms with E-state index in [0.717, 1.165) is 23.4 Å². The molecule has 2 aromatic rings. The summed E-state index contributed by atoms with van der Waals surface area (Å²) in [5, 5.41) is 5.34. The third-order valence-electron chi connectivity index (χ3n) is 4.04. The molecule has 0 spiro atoms. The summed E-state index contributed by atoms with van der Waals surface area (Å²) >= 11 is 0. The lowest BCUT2D eigenvalue weighted by Crippen LogP contribution is -2.30. The van der Waals surface area contributed by atoms with Gasteiger partial charge in [-0.25, -0.2) is 8.78 Å². The summed E-state index contributed by atoms with van der Waals surface area (Å²) in [4.78, 5) is 24.0. The number of amides is 2. The van der Waals surface area contributed by atoms with Crippen molar-refractivity contribution in [2.45, 2.75) is 19.3 Å². The number of halogens is 2. The van der Waals surface area contributed by atoms with Gasteiger partial charge in [-0.15, -0.1) is 0 Å². The average Bonchev–Trinajstić information content (AvgIpc) is 2.56. The van der Waals surface area contributed by atoms with Gasteiger partial charge in [0.15, 0.2) is 11.6 Å². The molecule has 0 radical (unpaired) electrons. The van der Waals surface area contributed by atoms with E-state index in [1.807, 2.05) is 24.3 Å². The molecule has 1 heterocycles. The molecule has 1 aliphatic rings. The first-order valence-electron chi connectivity index (χ1n) is 7.66. The van der Waals surface area contributed by atoms with E-state index in [1.165, 1.54) is 6.07 Å². The predicted octanol–water partition coefficient (Wildman–Crippen LogP) is 3.49. The zero-order chi connectivity index (χ0) is 17.1. The summed E-state index contributed by atoms with van der Waals surface area (Å²) in [6, 6.07) is 10.7. The van der Waals surface area contributed by atoms with Gasteiger partial charge in [-0.2, -0.15) is 0 Å². The van der Waals surface area contributed by atoms with E-state index in [4.69, 9.17) is 0 Å². The third kappa shape index (κ3) is 3.59. The van der Waals surface area contributed by atoms with Crippen molar-refractivity contribution in [3.63, 3.8) is 0 Å². The van der Waals surface area contributed by atoms with Crippen molar-refractivity contribution in [2.75, 3.05) is 10.6 Å². The van der Waals surface area contributed by atoms with Gasteiger partial charge >= 0.3 is 0 Å². The molecule has 0 bridgehead atoms. The van der Waals surface area contributed by atoms with Crippen molar-refractivity contribution in [3.8, 4) is 0 Å². The van der Waals surface area contributed by atoms with Gasteiger partial charge < -0.3 is 10.6 Å². The van der Waals surface area contributed by atoms with Gasteiger partial charge in [-0.05, 0) is 36.6 Å². The molecule has 2 aromatic carbocycles. The van der Waals surface area contributed by atoms with Gasteiger partial charge in [0.1, 0.15) is 0 Å². The van der Waals surface area contributed by atoms with Crippen LogP contribution < -0.4 is 10.6 Å².